The minimum absolute atomic E-state index is 0.0617. The Hall–Kier alpha value is -2.49. The van der Waals surface area contributed by atoms with Gasteiger partial charge in [-0.05, 0) is 49.2 Å². The zero-order chi connectivity index (χ0) is 20.9. The van der Waals surface area contributed by atoms with E-state index in [0.717, 1.165) is 25.0 Å². The van der Waals surface area contributed by atoms with Crippen molar-refractivity contribution < 1.29 is 13.9 Å². The monoisotopic (exact) mass is 447 g/mol. The Morgan fingerprint density at radius 1 is 1.27 bits per heavy atom. The third kappa shape index (κ3) is 5.16. The molecule has 7 nitrogen and oxygen atoms in total. The van der Waals surface area contributed by atoms with Crippen LogP contribution in [-0.4, -0.2) is 44.1 Å². The molecule has 1 saturated heterocycles. The average Bonchev–Trinajstić information content (AvgIpc) is 3.39. The Morgan fingerprint density at radius 2 is 2.10 bits per heavy atom. The first kappa shape index (κ1) is 20.8. The summed E-state index contributed by atoms with van der Waals surface area (Å²) in [4.78, 5) is 16.4. The molecule has 1 fully saturated rings. The molecule has 1 N–H and O–H groups in total. The van der Waals surface area contributed by atoms with E-state index in [-0.39, 0.29) is 23.6 Å². The third-order valence-corrected chi connectivity index (χ3v) is 5.75. The lowest BCUT2D eigenvalue weighted by Gasteiger charge is -2.14. The maximum Gasteiger partial charge on any atom is 0.236 e. The summed E-state index contributed by atoms with van der Waals surface area (Å²) in [6.45, 7) is 1.31. The van der Waals surface area contributed by atoms with Gasteiger partial charge in [0.1, 0.15) is 11.6 Å². The summed E-state index contributed by atoms with van der Waals surface area (Å²) in [5.41, 5.74) is 0.753. The minimum atomic E-state index is -0.314. The number of halogens is 2. The molecule has 1 atom stereocenters. The number of rotatable bonds is 7. The van der Waals surface area contributed by atoms with Crippen LogP contribution in [0.25, 0.3) is 11.4 Å². The molecule has 4 rings (SSSR count). The first-order valence-electron chi connectivity index (χ1n) is 9.43. The van der Waals surface area contributed by atoms with Crippen molar-refractivity contribution in [3.05, 3.63) is 53.4 Å². The van der Waals surface area contributed by atoms with Crippen LogP contribution in [0, 0.1) is 5.82 Å². The van der Waals surface area contributed by atoms with Crippen LogP contribution in [-0.2, 0) is 16.1 Å². The first-order valence-corrected chi connectivity index (χ1v) is 10.8. The highest BCUT2D eigenvalue weighted by Crippen LogP contribution is 2.27. The predicted molar refractivity (Wildman–Crippen MR) is 113 cm³/mol. The highest BCUT2D eigenvalue weighted by molar-refractivity contribution is 7.99. The first-order chi connectivity index (χ1) is 14.6. The van der Waals surface area contributed by atoms with Crippen LogP contribution < -0.4 is 5.32 Å². The van der Waals surface area contributed by atoms with E-state index >= 15 is 0 Å². The molecule has 0 aliphatic carbocycles. The fourth-order valence-electron chi connectivity index (χ4n) is 3.12. The van der Waals surface area contributed by atoms with Gasteiger partial charge in [0.15, 0.2) is 11.0 Å². The molecule has 1 aliphatic rings. The number of carbonyl (C=O) groups excluding carboxylic acids is 1. The van der Waals surface area contributed by atoms with Crippen molar-refractivity contribution in [3.63, 3.8) is 0 Å². The van der Waals surface area contributed by atoms with Gasteiger partial charge in [0.25, 0.3) is 0 Å². The van der Waals surface area contributed by atoms with E-state index in [1.54, 1.807) is 24.3 Å². The second-order valence-corrected chi connectivity index (χ2v) is 8.14. The number of carbonyl (C=O) groups is 1. The van der Waals surface area contributed by atoms with Crippen LogP contribution in [0.15, 0.2) is 47.8 Å². The summed E-state index contributed by atoms with van der Waals surface area (Å²) in [6.07, 6.45) is 3.50. The molecule has 10 heteroatoms. The van der Waals surface area contributed by atoms with Crippen molar-refractivity contribution in [2.75, 3.05) is 17.7 Å². The smallest absolute Gasteiger partial charge is 0.236 e. The van der Waals surface area contributed by atoms with Crippen molar-refractivity contribution in [2.24, 2.45) is 0 Å². The summed E-state index contributed by atoms with van der Waals surface area (Å²) in [7, 11) is 0. The number of nitrogens with zero attached hydrogens (tertiary/aromatic N) is 4. The summed E-state index contributed by atoms with van der Waals surface area (Å²) in [6, 6.07) is 9.40. The molecule has 0 spiro atoms. The highest BCUT2D eigenvalue weighted by atomic mass is 35.5. The lowest BCUT2D eigenvalue weighted by atomic mass is 10.2. The van der Waals surface area contributed by atoms with Gasteiger partial charge in [-0.15, -0.1) is 10.2 Å². The van der Waals surface area contributed by atoms with E-state index in [0.29, 0.717) is 28.4 Å². The van der Waals surface area contributed by atoms with Crippen molar-refractivity contribution in [1.82, 2.24) is 19.7 Å². The minimum Gasteiger partial charge on any atom is -0.376 e. The summed E-state index contributed by atoms with van der Waals surface area (Å²) < 4.78 is 21.0. The molecule has 1 amide bonds. The van der Waals surface area contributed by atoms with Crippen LogP contribution in [0.2, 0.25) is 5.02 Å². The maximum absolute atomic E-state index is 13.3. The number of anilines is 1. The quantitative estimate of drug-likeness (QED) is 0.550. The Morgan fingerprint density at radius 3 is 2.80 bits per heavy atom. The summed E-state index contributed by atoms with van der Waals surface area (Å²) >= 11 is 7.08. The molecule has 156 valence electrons. The standard InChI is InChI=1S/C20H19ClFN5O2S/c21-14-5-8-17(23-10-14)24-18(28)12-30-20-26-25-19(13-3-6-15(22)7-4-13)27(20)11-16-2-1-9-29-16/h3-8,10,16H,1-2,9,11-12H2,(H,23,24,28). The fraction of sp³-hybridized carbons (Fsp3) is 0.300. The SMILES string of the molecule is O=C(CSc1nnc(-c2ccc(F)cc2)n1CC1CCCO1)Nc1ccc(Cl)cn1. The van der Waals surface area contributed by atoms with E-state index in [4.69, 9.17) is 16.3 Å². The number of hydrogen-bond donors (Lipinski definition) is 1. The topological polar surface area (TPSA) is 81.9 Å². The van der Waals surface area contributed by atoms with E-state index < -0.39 is 0 Å². The van der Waals surface area contributed by atoms with Crippen LogP contribution in [0.5, 0.6) is 0 Å². The second-order valence-electron chi connectivity index (χ2n) is 6.76. The Bertz CT molecular complexity index is 1010. The normalized spacial score (nSPS) is 16.0. The highest BCUT2D eigenvalue weighted by Gasteiger charge is 2.22. The largest absolute Gasteiger partial charge is 0.376 e. The molecule has 1 aliphatic heterocycles. The molecular weight excluding hydrogens is 429 g/mol. The fourth-order valence-corrected chi connectivity index (χ4v) is 3.98. The lowest BCUT2D eigenvalue weighted by molar-refractivity contribution is -0.113. The second kappa shape index (κ2) is 9.55. The van der Waals surface area contributed by atoms with Crippen LogP contribution in [0.1, 0.15) is 12.8 Å². The number of benzene rings is 1. The molecule has 3 heterocycles. The molecule has 1 aromatic carbocycles. The molecule has 2 aromatic heterocycles. The summed E-state index contributed by atoms with van der Waals surface area (Å²) in [5, 5.41) is 12.4. The van der Waals surface area contributed by atoms with E-state index in [2.05, 4.69) is 20.5 Å². The van der Waals surface area contributed by atoms with Gasteiger partial charge in [-0.2, -0.15) is 0 Å². The van der Waals surface area contributed by atoms with Crippen molar-refractivity contribution in [2.45, 2.75) is 30.6 Å². The molecule has 0 saturated carbocycles. The van der Waals surface area contributed by atoms with E-state index in [1.165, 1.54) is 30.1 Å². The van der Waals surface area contributed by atoms with Crippen LogP contribution >= 0.6 is 23.4 Å². The van der Waals surface area contributed by atoms with Crippen molar-refractivity contribution in [3.8, 4) is 11.4 Å². The number of nitrogens with one attached hydrogen (secondary N) is 1. The Kier molecular flexibility index (Phi) is 6.61. The van der Waals surface area contributed by atoms with Gasteiger partial charge in [0, 0.05) is 18.4 Å². The number of ether oxygens (including phenoxy) is 1. The molecule has 0 bridgehead atoms. The third-order valence-electron chi connectivity index (χ3n) is 4.56. The number of thioether (sulfide) groups is 1. The lowest BCUT2D eigenvalue weighted by Crippen LogP contribution is -2.18. The molecular formula is C20H19ClFN5O2S. The zero-order valence-electron chi connectivity index (χ0n) is 15.9. The number of aromatic nitrogens is 4. The number of hydrogen-bond acceptors (Lipinski definition) is 6. The van der Waals surface area contributed by atoms with Crippen LogP contribution in [0.4, 0.5) is 10.2 Å². The van der Waals surface area contributed by atoms with Gasteiger partial charge in [-0.1, -0.05) is 23.4 Å². The zero-order valence-corrected chi connectivity index (χ0v) is 17.5. The maximum atomic E-state index is 13.3. The number of amides is 1. The molecule has 3 aromatic rings. The Labute approximate surface area is 182 Å². The van der Waals surface area contributed by atoms with Crippen molar-refractivity contribution in [1.29, 1.82) is 0 Å². The average molecular weight is 448 g/mol. The van der Waals surface area contributed by atoms with E-state index in [1.807, 2.05) is 4.57 Å². The van der Waals surface area contributed by atoms with Gasteiger partial charge in [0.05, 0.1) is 23.4 Å². The Balaban J connectivity index is 1.49. The van der Waals surface area contributed by atoms with E-state index in [9.17, 15) is 9.18 Å². The predicted octanol–water partition coefficient (Wildman–Crippen LogP) is 4.04. The number of pyridine rings is 1. The van der Waals surface area contributed by atoms with Crippen molar-refractivity contribution >= 4 is 35.1 Å². The van der Waals surface area contributed by atoms with Gasteiger partial charge in [0.2, 0.25) is 5.91 Å². The van der Waals surface area contributed by atoms with Gasteiger partial charge in [-0.25, -0.2) is 9.37 Å². The van der Waals surface area contributed by atoms with Gasteiger partial charge >= 0.3 is 0 Å². The van der Waals surface area contributed by atoms with Gasteiger partial charge in [-0.3, -0.25) is 9.36 Å². The molecule has 30 heavy (non-hydrogen) atoms. The molecule has 1 unspecified atom stereocenters. The van der Waals surface area contributed by atoms with Gasteiger partial charge < -0.3 is 10.1 Å². The van der Waals surface area contributed by atoms with Crippen LogP contribution in [0.3, 0.4) is 0 Å². The summed E-state index contributed by atoms with van der Waals surface area (Å²) in [5.74, 6) is 0.652. The molecule has 0 radical (unpaired) electrons.